The van der Waals surface area contributed by atoms with Crippen molar-refractivity contribution in [3.8, 4) is 0 Å². The quantitative estimate of drug-likeness (QED) is 0.657. The second-order valence-corrected chi connectivity index (χ2v) is 3.31. The summed E-state index contributed by atoms with van der Waals surface area (Å²) in [6.07, 6.45) is 3.31. The third kappa shape index (κ3) is 3.17. The van der Waals surface area contributed by atoms with Crippen LogP contribution in [0.1, 0.15) is 23.2 Å². The van der Waals surface area contributed by atoms with Crippen molar-refractivity contribution in [2.24, 2.45) is 12.8 Å². The number of carbonyl (C=O) groups is 2. The maximum absolute atomic E-state index is 11.5. The number of nitrogens with zero attached hydrogens (tertiary/aromatic N) is 2. The summed E-state index contributed by atoms with van der Waals surface area (Å²) in [7, 11) is 1.71. The molecule has 6 nitrogen and oxygen atoms in total. The Morgan fingerprint density at radius 2 is 2.33 bits per heavy atom. The van der Waals surface area contributed by atoms with Crippen molar-refractivity contribution in [3.05, 3.63) is 18.0 Å². The van der Waals surface area contributed by atoms with Gasteiger partial charge in [0.1, 0.15) is 6.04 Å². The molecule has 0 aliphatic rings. The molecule has 6 heteroatoms. The van der Waals surface area contributed by atoms with E-state index in [0.29, 0.717) is 5.56 Å². The highest BCUT2D eigenvalue weighted by molar-refractivity contribution is 5.95. The number of Topliss-reactive ketones (excluding diaryl/α,β-unsaturated/α-hetero) is 1. The first-order valence-electron chi connectivity index (χ1n) is 4.51. The van der Waals surface area contributed by atoms with Crippen LogP contribution >= 0.6 is 0 Å². The second-order valence-electron chi connectivity index (χ2n) is 3.31. The molecule has 0 fully saturated rings. The van der Waals surface area contributed by atoms with E-state index in [1.807, 2.05) is 0 Å². The van der Waals surface area contributed by atoms with Crippen molar-refractivity contribution in [1.82, 2.24) is 9.78 Å². The van der Waals surface area contributed by atoms with Gasteiger partial charge in [-0.2, -0.15) is 5.10 Å². The van der Waals surface area contributed by atoms with E-state index in [2.05, 4.69) is 5.10 Å². The number of aliphatic carboxylic acids is 1. The molecule has 0 saturated carbocycles. The zero-order chi connectivity index (χ0) is 11.4. The third-order valence-electron chi connectivity index (χ3n) is 2.03. The molecule has 0 amide bonds. The van der Waals surface area contributed by atoms with Crippen LogP contribution in [-0.2, 0) is 11.8 Å². The van der Waals surface area contributed by atoms with Crippen LogP contribution < -0.4 is 5.73 Å². The van der Waals surface area contributed by atoms with E-state index in [1.165, 1.54) is 10.9 Å². The van der Waals surface area contributed by atoms with E-state index in [-0.39, 0.29) is 18.6 Å². The first-order chi connectivity index (χ1) is 7.00. The smallest absolute Gasteiger partial charge is 0.320 e. The van der Waals surface area contributed by atoms with Gasteiger partial charge in [0.2, 0.25) is 0 Å². The van der Waals surface area contributed by atoms with Crippen LogP contribution in [0.15, 0.2) is 12.4 Å². The third-order valence-corrected chi connectivity index (χ3v) is 2.03. The van der Waals surface area contributed by atoms with Gasteiger partial charge in [-0.3, -0.25) is 14.3 Å². The van der Waals surface area contributed by atoms with Gasteiger partial charge in [0, 0.05) is 19.7 Å². The molecule has 3 N–H and O–H groups in total. The highest BCUT2D eigenvalue weighted by Gasteiger charge is 2.15. The summed E-state index contributed by atoms with van der Waals surface area (Å²) in [6.45, 7) is 0. The number of aromatic nitrogens is 2. The topological polar surface area (TPSA) is 98.2 Å². The summed E-state index contributed by atoms with van der Waals surface area (Å²) in [5, 5.41) is 12.4. The Morgan fingerprint density at radius 3 is 2.80 bits per heavy atom. The lowest BCUT2D eigenvalue weighted by atomic mass is 10.1. The molecule has 0 aliphatic carbocycles. The van der Waals surface area contributed by atoms with E-state index in [1.54, 1.807) is 13.2 Å². The first-order valence-corrected chi connectivity index (χ1v) is 4.51. The molecule has 1 heterocycles. The van der Waals surface area contributed by atoms with Gasteiger partial charge in [-0.1, -0.05) is 0 Å². The van der Waals surface area contributed by atoms with Crippen molar-refractivity contribution >= 4 is 11.8 Å². The van der Waals surface area contributed by atoms with Crippen LogP contribution in [0.4, 0.5) is 0 Å². The molecule has 1 aromatic rings. The fourth-order valence-electron chi connectivity index (χ4n) is 1.12. The van der Waals surface area contributed by atoms with E-state index in [0.717, 1.165) is 0 Å². The first kappa shape index (κ1) is 11.4. The van der Waals surface area contributed by atoms with E-state index in [9.17, 15) is 9.59 Å². The van der Waals surface area contributed by atoms with Gasteiger partial charge in [-0.05, 0) is 6.42 Å². The number of nitrogens with two attached hydrogens (primary N) is 1. The van der Waals surface area contributed by atoms with Crippen LogP contribution in [0.5, 0.6) is 0 Å². The fourth-order valence-corrected chi connectivity index (χ4v) is 1.12. The largest absolute Gasteiger partial charge is 0.480 e. The number of hydrogen-bond donors (Lipinski definition) is 2. The van der Waals surface area contributed by atoms with E-state index >= 15 is 0 Å². The van der Waals surface area contributed by atoms with Crippen LogP contribution in [-0.4, -0.2) is 32.7 Å². The summed E-state index contributed by atoms with van der Waals surface area (Å²) < 4.78 is 1.52. The maximum Gasteiger partial charge on any atom is 0.320 e. The molecule has 0 spiro atoms. The van der Waals surface area contributed by atoms with Gasteiger partial charge < -0.3 is 10.8 Å². The summed E-state index contributed by atoms with van der Waals surface area (Å²) in [4.78, 5) is 21.9. The average molecular weight is 211 g/mol. The molecular formula is C9H13N3O3. The Kier molecular flexibility index (Phi) is 3.56. The summed E-state index contributed by atoms with van der Waals surface area (Å²) in [6, 6.07) is -0.981. The lowest BCUT2D eigenvalue weighted by Gasteiger charge is -2.03. The summed E-state index contributed by atoms with van der Waals surface area (Å²) >= 11 is 0. The minimum atomic E-state index is -1.09. The molecule has 0 radical (unpaired) electrons. The van der Waals surface area contributed by atoms with Gasteiger partial charge in [-0.25, -0.2) is 0 Å². The van der Waals surface area contributed by atoms with Crippen LogP contribution in [0.2, 0.25) is 0 Å². The number of hydrogen-bond acceptors (Lipinski definition) is 4. The molecule has 0 aromatic carbocycles. The number of aryl methyl sites for hydroxylation is 1. The molecular weight excluding hydrogens is 198 g/mol. The molecule has 0 saturated heterocycles. The normalized spacial score (nSPS) is 12.4. The second kappa shape index (κ2) is 4.70. The number of ketones is 1. The highest BCUT2D eigenvalue weighted by atomic mass is 16.4. The van der Waals surface area contributed by atoms with Gasteiger partial charge in [0.15, 0.2) is 5.78 Å². The lowest BCUT2D eigenvalue weighted by Crippen LogP contribution is -2.30. The molecule has 1 aromatic heterocycles. The minimum absolute atomic E-state index is 0.124. The molecule has 0 aliphatic heterocycles. The summed E-state index contributed by atoms with van der Waals surface area (Å²) in [5.74, 6) is -1.23. The molecule has 15 heavy (non-hydrogen) atoms. The van der Waals surface area contributed by atoms with E-state index < -0.39 is 12.0 Å². The van der Waals surface area contributed by atoms with Crippen LogP contribution in [0.25, 0.3) is 0 Å². The lowest BCUT2D eigenvalue weighted by molar-refractivity contribution is -0.138. The predicted octanol–water partition coefficient (Wildman–Crippen LogP) is -0.205. The Bertz CT molecular complexity index is 372. The van der Waals surface area contributed by atoms with Gasteiger partial charge >= 0.3 is 5.97 Å². The molecule has 1 atom stereocenters. The van der Waals surface area contributed by atoms with Crippen molar-refractivity contribution < 1.29 is 14.7 Å². The maximum atomic E-state index is 11.5. The zero-order valence-corrected chi connectivity index (χ0v) is 8.38. The molecule has 82 valence electrons. The van der Waals surface area contributed by atoms with E-state index in [4.69, 9.17) is 10.8 Å². The molecule has 1 rings (SSSR count). The predicted molar refractivity (Wildman–Crippen MR) is 52.4 cm³/mol. The molecule has 0 unspecified atom stereocenters. The fraction of sp³-hybridized carbons (Fsp3) is 0.444. The number of carboxylic acids is 1. The monoisotopic (exact) mass is 211 g/mol. The zero-order valence-electron chi connectivity index (χ0n) is 8.38. The number of rotatable bonds is 5. The highest BCUT2D eigenvalue weighted by Crippen LogP contribution is 2.05. The van der Waals surface area contributed by atoms with Gasteiger partial charge in [-0.15, -0.1) is 0 Å². The number of carboxylic acid groups (broad SMARTS) is 1. The average Bonchev–Trinajstić information content (AvgIpc) is 2.60. The van der Waals surface area contributed by atoms with Crippen molar-refractivity contribution in [3.63, 3.8) is 0 Å². The SMILES string of the molecule is Cn1cc(C(=O)CC[C@H](N)C(=O)O)cn1. The minimum Gasteiger partial charge on any atom is -0.480 e. The van der Waals surface area contributed by atoms with Gasteiger partial charge in [0.25, 0.3) is 0 Å². The van der Waals surface area contributed by atoms with Crippen molar-refractivity contribution in [2.45, 2.75) is 18.9 Å². The van der Waals surface area contributed by atoms with Crippen molar-refractivity contribution in [2.75, 3.05) is 0 Å². The Balaban J connectivity index is 2.47. The molecule has 0 bridgehead atoms. The number of carbonyl (C=O) groups excluding carboxylic acids is 1. The Labute approximate surface area is 86.7 Å². The van der Waals surface area contributed by atoms with Gasteiger partial charge in [0.05, 0.1) is 11.8 Å². The Hall–Kier alpha value is -1.69. The summed E-state index contributed by atoms with van der Waals surface area (Å²) in [5.41, 5.74) is 5.76. The van der Waals surface area contributed by atoms with Crippen LogP contribution in [0.3, 0.4) is 0 Å². The Morgan fingerprint density at radius 1 is 1.67 bits per heavy atom. The standard InChI is InChI=1S/C9H13N3O3/c1-12-5-6(4-11-12)8(13)3-2-7(10)9(14)15/h4-5,7H,2-3,10H2,1H3,(H,14,15)/t7-/m0/s1. The van der Waals surface area contributed by atoms with Crippen molar-refractivity contribution in [1.29, 1.82) is 0 Å². The van der Waals surface area contributed by atoms with Crippen LogP contribution in [0, 0.1) is 0 Å².